The van der Waals surface area contributed by atoms with Gasteiger partial charge in [-0.15, -0.1) is 0 Å². The number of nitro groups is 1. The number of rotatable bonds is 5. The largest absolute Gasteiger partial charge is 0.371 e. The van der Waals surface area contributed by atoms with Crippen LogP contribution in [0.5, 0.6) is 0 Å². The molecule has 2 heterocycles. The molecule has 0 saturated heterocycles. The van der Waals surface area contributed by atoms with Gasteiger partial charge in [0.2, 0.25) is 0 Å². The average molecular weight is 523 g/mol. The third-order valence-corrected chi connectivity index (χ3v) is 9.12. The van der Waals surface area contributed by atoms with Gasteiger partial charge in [0.05, 0.1) is 4.92 Å². The van der Waals surface area contributed by atoms with Gasteiger partial charge in [0, 0.05) is 41.7 Å². The van der Waals surface area contributed by atoms with E-state index in [4.69, 9.17) is 0 Å². The van der Waals surface area contributed by atoms with Gasteiger partial charge < -0.3 is 4.90 Å². The first-order valence-corrected chi connectivity index (χ1v) is 13.9. The molecule has 40 heavy (non-hydrogen) atoms. The second-order valence-electron chi connectivity index (χ2n) is 10.9. The van der Waals surface area contributed by atoms with Crippen LogP contribution in [0.4, 0.5) is 11.4 Å². The van der Waals surface area contributed by atoms with Gasteiger partial charge in [0.25, 0.3) is 5.69 Å². The first kappa shape index (κ1) is 24.3. The van der Waals surface area contributed by atoms with E-state index in [-0.39, 0.29) is 10.6 Å². The van der Waals surface area contributed by atoms with Crippen molar-refractivity contribution in [3.8, 4) is 0 Å². The summed E-state index contributed by atoms with van der Waals surface area (Å²) in [6.07, 6.45) is 1.69. The summed E-state index contributed by atoms with van der Waals surface area (Å²) < 4.78 is 0. The van der Waals surface area contributed by atoms with Crippen LogP contribution >= 0.6 is 0 Å². The van der Waals surface area contributed by atoms with Gasteiger partial charge in [0.1, 0.15) is 0 Å². The Morgan fingerprint density at radius 2 is 0.875 bits per heavy atom. The van der Waals surface area contributed by atoms with Gasteiger partial charge >= 0.3 is 0 Å². The molecule has 0 spiro atoms. The van der Waals surface area contributed by atoms with Crippen LogP contribution in [0, 0.1) is 10.1 Å². The standard InChI is InChI=1S/C36H30N2O2/c39-38(40)31-25-32-34-33(26-31)36(29-17-9-3-10-18-29,30-19-11-4-12-20-30)22-24-37(34)23-21-35(32,27-13-5-1-6-14-27)28-15-7-2-8-16-28/h1-20,25-26H,21-24H2. The number of hydrogen-bond acceptors (Lipinski definition) is 3. The first-order valence-electron chi connectivity index (χ1n) is 13.9. The molecule has 7 rings (SSSR count). The van der Waals surface area contributed by atoms with Crippen molar-refractivity contribution in [3.05, 3.63) is 177 Å². The van der Waals surface area contributed by atoms with Crippen LogP contribution in [-0.4, -0.2) is 18.0 Å². The van der Waals surface area contributed by atoms with E-state index in [2.05, 4.69) is 102 Å². The highest BCUT2D eigenvalue weighted by atomic mass is 16.6. The monoisotopic (exact) mass is 522 g/mol. The van der Waals surface area contributed by atoms with Crippen molar-refractivity contribution in [1.82, 2.24) is 0 Å². The topological polar surface area (TPSA) is 46.4 Å². The fourth-order valence-corrected chi connectivity index (χ4v) is 7.35. The lowest BCUT2D eigenvalue weighted by Gasteiger charge is -2.52. The SMILES string of the molecule is O=[N+]([O-])c1cc2c3c(c1)C(c1ccccc1)(c1ccccc1)CCN3CCC2(c1ccccc1)c1ccccc1. The van der Waals surface area contributed by atoms with Gasteiger partial charge in [-0.25, -0.2) is 0 Å². The minimum absolute atomic E-state index is 0.143. The summed E-state index contributed by atoms with van der Waals surface area (Å²) >= 11 is 0. The Balaban J connectivity index is 1.63. The third-order valence-electron chi connectivity index (χ3n) is 9.12. The number of hydrogen-bond donors (Lipinski definition) is 0. The number of benzene rings is 5. The molecule has 5 aromatic carbocycles. The second kappa shape index (κ2) is 9.49. The van der Waals surface area contributed by atoms with Crippen molar-refractivity contribution >= 4 is 11.4 Å². The number of non-ortho nitro benzene ring substituents is 1. The van der Waals surface area contributed by atoms with E-state index in [0.717, 1.165) is 42.7 Å². The van der Waals surface area contributed by atoms with Crippen LogP contribution in [0.1, 0.15) is 46.2 Å². The molecule has 0 radical (unpaired) electrons. The maximum Gasteiger partial charge on any atom is 0.270 e. The molecule has 196 valence electrons. The van der Waals surface area contributed by atoms with Crippen molar-refractivity contribution in [2.24, 2.45) is 0 Å². The van der Waals surface area contributed by atoms with Gasteiger partial charge in [0.15, 0.2) is 0 Å². The van der Waals surface area contributed by atoms with Crippen molar-refractivity contribution in [2.45, 2.75) is 23.7 Å². The Morgan fingerprint density at radius 1 is 0.550 bits per heavy atom. The maximum atomic E-state index is 12.6. The quantitative estimate of drug-likeness (QED) is 0.174. The van der Waals surface area contributed by atoms with Gasteiger partial charge in [-0.1, -0.05) is 121 Å². The fourth-order valence-electron chi connectivity index (χ4n) is 7.35. The number of nitro benzene ring substituents is 1. The van der Waals surface area contributed by atoms with Crippen LogP contribution in [-0.2, 0) is 10.8 Å². The summed E-state index contributed by atoms with van der Waals surface area (Å²) in [6.45, 7) is 1.75. The second-order valence-corrected chi connectivity index (χ2v) is 10.9. The molecule has 0 aromatic heterocycles. The minimum atomic E-state index is -0.508. The summed E-state index contributed by atoms with van der Waals surface area (Å²) in [5.74, 6) is 0. The predicted octanol–water partition coefficient (Wildman–Crippen LogP) is 7.88. The number of anilines is 1. The highest BCUT2D eigenvalue weighted by Gasteiger charge is 2.50. The van der Waals surface area contributed by atoms with Crippen molar-refractivity contribution < 1.29 is 4.92 Å². The normalized spacial score (nSPS) is 16.6. The molecule has 0 saturated carbocycles. The third kappa shape index (κ3) is 3.52. The van der Waals surface area contributed by atoms with E-state index < -0.39 is 10.8 Å². The van der Waals surface area contributed by atoms with Crippen molar-refractivity contribution in [2.75, 3.05) is 18.0 Å². The molecular formula is C36H30N2O2. The summed E-state index contributed by atoms with van der Waals surface area (Å²) in [4.78, 5) is 14.9. The van der Waals surface area contributed by atoms with Crippen molar-refractivity contribution in [1.29, 1.82) is 0 Å². The highest BCUT2D eigenvalue weighted by Crippen LogP contribution is 2.58. The zero-order valence-corrected chi connectivity index (χ0v) is 22.2. The Morgan fingerprint density at radius 3 is 1.18 bits per heavy atom. The van der Waals surface area contributed by atoms with Crippen LogP contribution in [0.3, 0.4) is 0 Å². The number of nitrogens with zero attached hydrogens (tertiary/aromatic N) is 2. The van der Waals surface area contributed by atoms with E-state index in [0.29, 0.717) is 0 Å². The van der Waals surface area contributed by atoms with Gasteiger partial charge in [-0.05, 0) is 46.2 Å². The Kier molecular flexibility index (Phi) is 5.78. The zero-order valence-electron chi connectivity index (χ0n) is 22.2. The summed E-state index contributed by atoms with van der Waals surface area (Å²) in [5.41, 5.74) is 6.98. The van der Waals surface area contributed by atoms with E-state index in [1.54, 1.807) is 0 Å². The smallest absolute Gasteiger partial charge is 0.270 e. The van der Waals surface area contributed by atoms with E-state index in [1.165, 1.54) is 22.3 Å². The molecule has 0 unspecified atom stereocenters. The fraction of sp³-hybridized carbons (Fsp3) is 0.167. The van der Waals surface area contributed by atoms with E-state index >= 15 is 0 Å². The maximum absolute atomic E-state index is 12.6. The Bertz CT molecular complexity index is 1470. The van der Waals surface area contributed by atoms with Gasteiger partial charge in [-0.2, -0.15) is 0 Å². The summed E-state index contributed by atoms with van der Waals surface area (Å²) in [5, 5.41) is 12.6. The predicted molar refractivity (Wildman–Crippen MR) is 160 cm³/mol. The molecule has 0 bridgehead atoms. The summed E-state index contributed by atoms with van der Waals surface area (Å²) in [7, 11) is 0. The molecular weight excluding hydrogens is 492 g/mol. The molecule has 2 aliphatic heterocycles. The highest BCUT2D eigenvalue weighted by molar-refractivity contribution is 5.77. The molecule has 2 aliphatic rings. The molecule has 0 atom stereocenters. The summed E-state index contributed by atoms with van der Waals surface area (Å²) in [6, 6.07) is 45.9. The molecule has 4 heteroatoms. The molecule has 5 aromatic rings. The van der Waals surface area contributed by atoms with E-state index in [9.17, 15) is 10.1 Å². The lowest BCUT2D eigenvalue weighted by molar-refractivity contribution is -0.385. The lowest BCUT2D eigenvalue weighted by atomic mass is 9.59. The van der Waals surface area contributed by atoms with Gasteiger partial charge in [-0.3, -0.25) is 10.1 Å². The van der Waals surface area contributed by atoms with Crippen LogP contribution in [0.25, 0.3) is 0 Å². The molecule has 0 amide bonds. The average Bonchev–Trinajstić information content (AvgIpc) is 3.03. The van der Waals surface area contributed by atoms with Crippen molar-refractivity contribution in [3.63, 3.8) is 0 Å². The van der Waals surface area contributed by atoms with Crippen LogP contribution in [0.2, 0.25) is 0 Å². The van der Waals surface area contributed by atoms with E-state index in [1.807, 2.05) is 36.4 Å². The molecule has 4 nitrogen and oxygen atoms in total. The van der Waals surface area contributed by atoms with Crippen LogP contribution < -0.4 is 4.90 Å². The zero-order chi connectivity index (χ0) is 27.2. The molecule has 0 aliphatic carbocycles. The molecule has 0 N–H and O–H groups in total. The van der Waals surface area contributed by atoms with Crippen LogP contribution in [0.15, 0.2) is 133 Å². The Hall–Kier alpha value is -4.70. The first-order chi connectivity index (χ1) is 19.6. The molecule has 0 fully saturated rings. The Labute approximate surface area is 234 Å². The minimum Gasteiger partial charge on any atom is -0.371 e. The lowest BCUT2D eigenvalue weighted by Crippen LogP contribution is -2.49.